The van der Waals surface area contributed by atoms with Gasteiger partial charge >= 0.3 is 0 Å². The topological polar surface area (TPSA) is 33.1 Å². The number of hydrogen-bond donors (Lipinski definition) is 1. The second-order valence-electron chi connectivity index (χ2n) is 1.77. The average Bonchev–Trinajstić information content (AvgIpc) is 1.83. The molecule has 0 spiro atoms. The van der Waals surface area contributed by atoms with Crippen LogP contribution in [-0.2, 0) is 0 Å². The Morgan fingerprint density at radius 1 is 1.67 bits per heavy atom. The molecular formula is C6H6ClNO. The maximum atomic E-state index is 9.01. The summed E-state index contributed by atoms with van der Waals surface area (Å²) >= 11 is 5.45. The lowest BCUT2D eigenvalue weighted by Crippen LogP contribution is -1.78. The molecule has 1 N–H and O–H groups in total. The zero-order chi connectivity index (χ0) is 6.85. The van der Waals surface area contributed by atoms with Gasteiger partial charge < -0.3 is 5.11 Å². The summed E-state index contributed by atoms with van der Waals surface area (Å²) in [6.45, 7) is 1.77. The molecule has 0 radical (unpaired) electrons. The quantitative estimate of drug-likeness (QED) is 0.562. The second-order valence-corrected chi connectivity index (χ2v) is 2.13. The fourth-order valence-corrected chi connectivity index (χ4v) is 0.723. The highest BCUT2D eigenvalue weighted by molar-refractivity contribution is 6.30. The Balaban J connectivity index is 3.25. The zero-order valence-electron chi connectivity index (χ0n) is 4.93. The van der Waals surface area contributed by atoms with Crippen molar-refractivity contribution < 1.29 is 5.11 Å². The van der Waals surface area contributed by atoms with Crippen molar-refractivity contribution in [2.24, 2.45) is 0 Å². The molecule has 0 aromatic carbocycles. The van der Waals surface area contributed by atoms with Crippen LogP contribution in [0.4, 0.5) is 0 Å². The van der Waals surface area contributed by atoms with E-state index in [1.54, 1.807) is 19.2 Å². The van der Waals surface area contributed by atoms with Crippen LogP contribution < -0.4 is 0 Å². The fraction of sp³-hybridized carbons (Fsp3) is 0.167. The van der Waals surface area contributed by atoms with Crippen molar-refractivity contribution in [3.63, 3.8) is 0 Å². The molecule has 1 heterocycles. The van der Waals surface area contributed by atoms with E-state index in [1.165, 1.54) is 0 Å². The molecule has 0 atom stereocenters. The third-order valence-corrected chi connectivity index (χ3v) is 1.36. The van der Waals surface area contributed by atoms with Gasteiger partial charge in [0.15, 0.2) is 10.9 Å². The standard InChI is InChI=1S/C6H6ClNO/c1-4-2-3-8-6(7)5(4)9/h2-3,9H,1H3. The van der Waals surface area contributed by atoms with Gasteiger partial charge in [0.1, 0.15) is 0 Å². The first-order chi connectivity index (χ1) is 4.22. The van der Waals surface area contributed by atoms with E-state index < -0.39 is 0 Å². The van der Waals surface area contributed by atoms with E-state index in [0.29, 0.717) is 0 Å². The van der Waals surface area contributed by atoms with Gasteiger partial charge in [0, 0.05) is 6.20 Å². The van der Waals surface area contributed by atoms with Crippen LogP contribution in [-0.4, -0.2) is 10.1 Å². The Kier molecular flexibility index (Phi) is 1.58. The van der Waals surface area contributed by atoms with Crippen LogP contribution in [0.2, 0.25) is 5.15 Å². The molecule has 0 fully saturated rings. The number of halogens is 1. The lowest BCUT2D eigenvalue weighted by atomic mass is 10.3. The maximum Gasteiger partial charge on any atom is 0.171 e. The molecule has 0 saturated heterocycles. The van der Waals surface area contributed by atoms with Gasteiger partial charge in [0.25, 0.3) is 0 Å². The van der Waals surface area contributed by atoms with Crippen LogP contribution in [0.1, 0.15) is 5.56 Å². The molecule has 0 saturated carbocycles. The first-order valence-corrected chi connectivity index (χ1v) is 2.89. The average molecular weight is 144 g/mol. The van der Waals surface area contributed by atoms with Crippen LogP contribution in [0.25, 0.3) is 0 Å². The molecule has 1 aromatic heterocycles. The predicted molar refractivity (Wildman–Crippen MR) is 35.6 cm³/mol. The normalized spacial score (nSPS) is 9.56. The molecule has 0 bridgehead atoms. The minimum atomic E-state index is 0.0687. The van der Waals surface area contributed by atoms with Crippen LogP contribution in [0.5, 0.6) is 5.75 Å². The van der Waals surface area contributed by atoms with Crippen LogP contribution >= 0.6 is 11.6 Å². The Morgan fingerprint density at radius 2 is 2.33 bits per heavy atom. The fourth-order valence-electron chi connectivity index (χ4n) is 0.517. The number of aromatic nitrogens is 1. The maximum absolute atomic E-state index is 9.01. The Morgan fingerprint density at radius 3 is 2.78 bits per heavy atom. The number of aromatic hydroxyl groups is 1. The largest absolute Gasteiger partial charge is 0.505 e. The molecule has 0 aliphatic carbocycles. The summed E-state index contributed by atoms with van der Waals surface area (Å²) in [6, 6.07) is 1.70. The number of hydrogen-bond acceptors (Lipinski definition) is 2. The molecule has 0 aliphatic heterocycles. The van der Waals surface area contributed by atoms with E-state index in [4.69, 9.17) is 16.7 Å². The molecule has 2 nitrogen and oxygen atoms in total. The highest BCUT2D eigenvalue weighted by atomic mass is 35.5. The van der Waals surface area contributed by atoms with Crippen molar-refractivity contribution in [3.05, 3.63) is 23.0 Å². The SMILES string of the molecule is Cc1ccnc(Cl)c1O. The summed E-state index contributed by atoms with van der Waals surface area (Å²) in [5.41, 5.74) is 0.745. The van der Waals surface area contributed by atoms with Gasteiger partial charge in [-0.25, -0.2) is 4.98 Å². The van der Waals surface area contributed by atoms with Gasteiger partial charge in [0.05, 0.1) is 0 Å². The lowest BCUT2D eigenvalue weighted by molar-refractivity contribution is 0.469. The molecule has 1 aromatic rings. The van der Waals surface area contributed by atoms with Crippen LogP contribution in [0.15, 0.2) is 12.3 Å². The van der Waals surface area contributed by atoms with Crippen molar-refractivity contribution in [1.82, 2.24) is 4.98 Å². The van der Waals surface area contributed by atoms with Gasteiger partial charge in [0.2, 0.25) is 0 Å². The summed E-state index contributed by atoms with van der Waals surface area (Å²) in [4.78, 5) is 3.65. The van der Waals surface area contributed by atoms with Gasteiger partial charge in [-0.05, 0) is 18.6 Å². The second kappa shape index (κ2) is 2.23. The Bertz CT molecular complexity index is 204. The van der Waals surface area contributed by atoms with Gasteiger partial charge in [-0.15, -0.1) is 0 Å². The summed E-state index contributed by atoms with van der Waals surface area (Å²) in [5.74, 6) is 0.0687. The van der Waals surface area contributed by atoms with E-state index >= 15 is 0 Å². The summed E-state index contributed by atoms with van der Waals surface area (Å²) in [5, 5.41) is 9.17. The zero-order valence-corrected chi connectivity index (χ0v) is 5.68. The predicted octanol–water partition coefficient (Wildman–Crippen LogP) is 1.75. The van der Waals surface area contributed by atoms with Crippen LogP contribution in [0.3, 0.4) is 0 Å². The smallest absolute Gasteiger partial charge is 0.171 e. The molecule has 0 aliphatic rings. The number of pyridine rings is 1. The number of aryl methyl sites for hydroxylation is 1. The van der Waals surface area contributed by atoms with E-state index in [9.17, 15) is 0 Å². The van der Waals surface area contributed by atoms with Crippen molar-refractivity contribution in [1.29, 1.82) is 0 Å². The van der Waals surface area contributed by atoms with Crippen LogP contribution in [0, 0.1) is 6.92 Å². The van der Waals surface area contributed by atoms with E-state index in [1.807, 2.05) is 0 Å². The Labute approximate surface area is 58.1 Å². The monoisotopic (exact) mass is 143 g/mol. The van der Waals surface area contributed by atoms with Crippen molar-refractivity contribution in [3.8, 4) is 5.75 Å². The van der Waals surface area contributed by atoms with E-state index in [2.05, 4.69) is 4.98 Å². The van der Waals surface area contributed by atoms with Crippen molar-refractivity contribution >= 4 is 11.6 Å². The molecule has 0 amide bonds. The first-order valence-electron chi connectivity index (χ1n) is 2.52. The van der Waals surface area contributed by atoms with Crippen molar-refractivity contribution in [2.75, 3.05) is 0 Å². The van der Waals surface area contributed by atoms with Gasteiger partial charge in [-0.1, -0.05) is 11.6 Å². The molecule has 3 heteroatoms. The minimum absolute atomic E-state index is 0.0687. The number of rotatable bonds is 0. The molecule has 48 valence electrons. The summed E-state index contributed by atoms with van der Waals surface area (Å²) in [6.07, 6.45) is 1.55. The highest BCUT2D eigenvalue weighted by Gasteiger charge is 1.99. The van der Waals surface area contributed by atoms with Crippen molar-refractivity contribution in [2.45, 2.75) is 6.92 Å². The molecule has 9 heavy (non-hydrogen) atoms. The van der Waals surface area contributed by atoms with E-state index in [0.717, 1.165) is 5.56 Å². The highest BCUT2D eigenvalue weighted by Crippen LogP contribution is 2.22. The third kappa shape index (κ3) is 1.13. The molecule has 1 rings (SSSR count). The first kappa shape index (κ1) is 6.36. The summed E-state index contributed by atoms with van der Waals surface area (Å²) < 4.78 is 0. The number of nitrogens with zero attached hydrogens (tertiary/aromatic N) is 1. The van der Waals surface area contributed by atoms with E-state index in [-0.39, 0.29) is 10.9 Å². The molecule has 0 unspecified atom stereocenters. The minimum Gasteiger partial charge on any atom is -0.505 e. The van der Waals surface area contributed by atoms with Gasteiger partial charge in [-0.2, -0.15) is 0 Å². The van der Waals surface area contributed by atoms with Gasteiger partial charge in [-0.3, -0.25) is 0 Å². The third-order valence-electron chi connectivity index (χ3n) is 1.08. The molecular weight excluding hydrogens is 138 g/mol. The Hall–Kier alpha value is -0.760. The lowest BCUT2D eigenvalue weighted by Gasteiger charge is -1.96. The summed E-state index contributed by atoms with van der Waals surface area (Å²) in [7, 11) is 0.